The second-order valence-corrected chi connectivity index (χ2v) is 7.33. The summed E-state index contributed by atoms with van der Waals surface area (Å²) in [5.41, 5.74) is 9.25. The van der Waals surface area contributed by atoms with Crippen LogP contribution in [0.5, 0.6) is 0 Å². The maximum absolute atomic E-state index is 13.0. The van der Waals surface area contributed by atoms with Crippen LogP contribution in [-0.2, 0) is 0 Å². The molecule has 4 rings (SSSR count). The summed E-state index contributed by atoms with van der Waals surface area (Å²) in [5, 5.41) is 1.95. The Morgan fingerprint density at radius 3 is 3.00 bits per heavy atom. The van der Waals surface area contributed by atoms with Gasteiger partial charge in [0.15, 0.2) is 4.96 Å². The molecule has 3 heterocycles. The monoisotopic (exact) mass is 355 g/mol. The molecule has 1 saturated heterocycles. The fraction of sp³-hybridized carbons (Fsp3) is 0.333. The van der Waals surface area contributed by atoms with Gasteiger partial charge in [-0.05, 0) is 12.5 Å². The molecule has 6 nitrogen and oxygen atoms in total. The third-order valence-electron chi connectivity index (χ3n) is 4.75. The van der Waals surface area contributed by atoms with Gasteiger partial charge in [0.2, 0.25) is 0 Å². The van der Waals surface area contributed by atoms with E-state index in [1.54, 1.807) is 11.3 Å². The lowest BCUT2D eigenvalue weighted by molar-refractivity contribution is 0.0764. The molecular formula is C18H21N5OS. The van der Waals surface area contributed by atoms with Crippen LogP contribution in [-0.4, -0.2) is 40.3 Å². The highest BCUT2D eigenvalue weighted by atomic mass is 32.1. The highest BCUT2D eigenvalue weighted by Crippen LogP contribution is 2.26. The predicted octanol–water partition coefficient (Wildman–Crippen LogP) is 2.24. The minimum absolute atomic E-state index is 0.0158. The van der Waals surface area contributed by atoms with Crippen molar-refractivity contribution in [2.75, 3.05) is 20.1 Å². The number of thiazole rings is 1. The van der Waals surface area contributed by atoms with Crippen LogP contribution in [0.4, 0.5) is 0 Å². The van der Waals surface area contributed by atoms with Crippen LogP contribution in [0.3, 0.4) is 0 Å². The summed E-state index contributed by atoms with van der Waals surface area (Å²) in [4.78, 5) is 20.1. The number of rotatable bonds is 4. The molecular weight excluding hydrogens is 334 g/mol. The Bertz CT molecular complexity index is 887. The van der Waals surface area contributed by atoms with Crippen molar-refractivity contribution in [2.45, 2.75) is 13.0 Å². The summed E-state index contributed by atoms with van der Waals surface area (Å²) < 4.78 is 1.89. The van der Waals surface area contributed by atoms with Crippen LogP contribution in [0, 0.1) is 12.8 Å². The fourth-order valence-corrected chi connectivity index (χ4v) is 4.25. The topological polar surface area (TPSA) is 61.7 Å². The quantitative estimate of drug-likeness (QED) is 0.753. The van der Waals surface area contributed by atoms with E-state index in [1.165, 1.54) is 5.56 Å². The van der Waals surface area contributed by atoms with E-state index in [4.69, 9.17) is 0 Å². The second kappa shape index (κ2) is 6.59. The Kier molecular flexibility index (Phi) is 4.29. The molecule has 1 amide bonds. The van der Waals surface area contributed by atoms with E-state index in [0.717, 1.165) is 17.2 Å². The van der Waals surface area contributed by atoms with E-state index >= 15 is 0 Å². The van der Waals surface area contributed by atoms with E-state index in [2.05, 4.69) is 28.0 Å². The number of aryl methyl sites for hydroxylation is 1. The molecule has 1 aromatic carbocycles. The number of carbonyl (C=O) groups excluding carboxylic acids is 1. The molecule has 1 aliphatic heterocycles. The predicted molar refractivity (Wildman–Crippen MR) is 98.6 cm³/mol. The first-order chi connectivity index (χ1) is 12.1. The van der Waals surface area contributed by atoms with Gasteiger partial charge in [-0.25, -0.2) is 10.4 Å². The summed E-state index contributed by atoms with van der Waals surface area (Å²) in [5.74, 6) is 0.324. The van der Waals surface area contributed by atoms with Crippen LogP contribution in [0.25, 0.3) is 4.96 Å². The number of benzene rings is 1. The first-order valence-corrected chi connectivity index (χ1v) is 9.24. The highest BCUT2D eigenvalue weighted by Gasteiger charge is 2.31. The average Bonchev–Trinajstić information content (AvgIpc) is 3.31. The van der Waals surface area contributed by atoms with Crippen molar-refractivity contribution in [3.05, 3.63) is 58.9 Å². The zero-order valence-corrected chi connectivity index (χ0v) is 15.1. The molecule has 2 atom stereocenters. The lowest BCUT2D eigenvalue weighted by Gasteiger charge is -2.25. The van der Waals surface area contributed by atoms with Crippen LogP contribution in [0.2, 0.25) is 0 Å². The van der Waals surface area contributed by atoms with Crippen molar-refractivity contribution in [3.8, 4) is 0 Å². The van der Waals surface area contributed by atoms with Crippen LogP contribution >= 0.6 is 11.3 Å². The number of nitrogens with zero attached hydrogens (tertiary/aromatic N) is 3. The summed E-state index contributed by atoms with van der Waals surface area (Å²) >= 11 is 1.54. The standard InChI is InChI=1S/C18H21N5OS/c1-12-16(23-8-9-25-18(23)20-12)17(24)22(2)11-14-10-19-21-15(14)13-6-4-3-5-7-13/h3-9,14-15,19,21H,10-11H2,1-2H3. The molecule has 0 aliphatic carbocycles. The number of imidazole rings is 1. The maximum atomic E-state index is 13.0. The number of hydrazine groups is 1. The van der Waals surface area contributed by atoms with Gasteiger partial charge in [-0.15, -0.1) is 11.3 Å². The molecule has 0 spiro atoms. The molecule has 2 aromatic heterocycles. The molecule has 1 fully saturated rings. The van der Waals surface area contributed by atoms with E-state index in [9.17, 15) is 4.79 Å². The number of nitrogens with one attached hydrogen (secondary N) is 2. The minimum Gasteiger partial charge on any atom is -0.340 e. The second-order valence-electron chi connectivity index (χ2n) is 6.46. The van der Waals surface area contributed by atoms with E-state index < -0.39 is 0 Å². The van der Waals surface area contributed by atoms with Crippen molar-refractivity contribution in [1.29, 1.82) is 0 Å². The third-order valence-corrected chi connectivity index (χ3v) is 5.50. The van der Waals surface area contributed by atoms with Crippen molar-refractivity contribution < 1.29 is 4.79 Å². The number of hydrogen-bond donors (Lipinski definition) is 2. The zero-order valence-electron chi connectivity index (χ0n) is 14.3. The number of amides is 1. The van der Waals surface area contributed by atoms with Crippen LogP contribution in [0.15, 0.2) is 41.9 Å². The van der Waals surface area contributed by atoms with Crippen molar-refractivity contribution in [3.63, 3.8) is 0 Å². The number of carbonyl (C=O) groups is 1. The van der Waals surface area contributed by atoms with Gasteiger partial charge in [-0.2, -0.15) is 0 Å². The Morgan fingerprint density at radius 1 is 1.40 bits per heavy atom. The first-order valence-electron chi connectivity index (χ1n) is 8.36. The number of aromatic nitrogens is 2. The van der Waals surface area contributed by atoms with Gasteiger partial charge in [0.1, 0.15) is 5.69 Å². The van der Waals surface area contributed by atoms with Gasteiger partial charge in [0.25, 0.3) is 5.91 Å². The normalized spacial score (nSPS) is 20.2. The van der Waals surface area contributed by atoms with Crippen molar-refractivity contribution in [1.82, 2.24) is 25.1 Å². The lowest BCUT2D eigenvalue weighted by atomic mass is 9.94. The third kappa shape index (κ3) is 2.95. The van der Waals surface area contributed by atoms with Crippen LogP contribution in [0.1, 0.15) is 27.8 Å². The maximum Gasteiger partial charge on any atom is 0.272 e. The Hall–Kier alpha value is -2.22. The molecule has 3 aromatic rings. The van der Waals surface area contributed by atoms with Crippen LogP contribution < -0.4 is 10.9 Å². The van der Waals surface area contributed by atoms with E-state index in [0.29, 0.717) is 18.2 Å². The summed E-state index contributed by atoms with van der Waals surface area (Å²) in [7, 11) is 1.87. The molecule has 0 radical (unpaired) electrons. The summed E-state index contributed by atoms with van der Waals surface area (Å²) in [6, 6.07) is 10.5. The largest absolute Gasteiger partial charge is 0.340 e. The average molecular weight is 355 g/mol. The lowest BCUT2D eigenvalue weighted by Crippen LogP contribution is -2.35. The summed E-state index contributed by atoms with van der Waals surface area (Å²) in [6.45, 7) is 3.40. The van der Waals surface area contributed by atoms with Gasteiger partial charge in [-0.3, -0.25) is 14.6 Å². The minimum atomic E-state index is 0.0158. The van der Waals surface area contributed by atoms with Gasteiger partial charge >= 0.3 is 0 Å². The smallest absolute Gasteiger partial charge is 0.272 e. The summed E-state index contributed by atoms with van der Waals surface area (Å²) in [6.07, 6.45) is 1.91. The molecule has 2 N–H and O–H groups in total. The zero-order chi connectivity index (χ0) is 17.4. The Balaban J connectivity index is 1.53. The van der Waals surface area contributed by atoms with E-state index in [1.807, 2.05) is 53.0 Å². The molecule has 0 bridgehead atoms. The Morgan fingerprint density at radius 2 is 2.20 bits per heavy atom. The molecule has 0 saturated carbocycles. The van der Waals surface area contributed by atoms with Gasteiger partial charge < -0.3 is 4.90 Å². The first kappa shape index (κ1) is 16.3. The number of hydrogen-bond acceptors (Lipinski definition) is 5. The van der Waals surface area contributed by atoms with Gasteiger partial charge in [-0.1, -0.05) is 30.3 Å². The van der Waals surface area contributed by atoms with Crippen molar-refractivity contribution in [2.24, 2.45) is 5.92 Å². The molecule has 2 unspecified atom stereocenters. The molecule has 7 heteroatoms. The van der Waals surface area contributed by atoms with Gasteiger partial charge in [0.05, 0.1) is 11.7 Å². The fourth-order valence-electron chi connectivity index (χ4n) is 3.49. The molecule has 130 valence electrons. The SMILES string of the molecule is Cc1nc2sccn2c1C(=O)N(C)CC1CNNC1c1ccccc1. The van der Waals surface area contributed by atoms with Gasteiger partial charge in [0, 0.05) is 37.6 Å². The molecule has 25 heavy (non-hydrogen) atoms. The van der Waals surface area contributed by atoms with E-state index in [-0.39, 0.29) is 11.9 Å². The highest BCUT2D eigenvalue weighted by molar-refractivity contribution is 7.15. The number of fused-ring (bicyclic) bond motifs is 1. The Labute approximate surface area is 150 Å². The molecule has 1 aliphatic rings. The van der Waals surface area contributed by atoms with Crippen molar-refractivity contribution >= 4 is 22.2 Å².